The second-order valence-corrected chi connectivity index (χ2v) is 5.50. The molecule has 0 aromatic heterocycles. The molecule has 0 spiro atoms. The van der Waals surface area contributed by atoms with Gasteiger partial charge in [-0.05, 0) is 13.3 Å². The summed E-state index contributed by atoms with van der Waals surface area (Å²) in [7, 11) is -4.16. The van der Waals surface area contributed by atoms with E-state index in [0.29, 0.717) is 6.42 Å². The van der Waals surface area contributed by atoms with Crippen molar-refractivity contribution < 1.29 is 32.0 Å². The van der Waals surface area contributed by atoms with Crippen molar-refractivity contribution in [3.63, 3.8) is 0 Å². The van der Waals surface area contributed by atoms with Gasteiger partial charge in [0.15, 0.2) is 0 Å². The maximum Gasteiger partial charge on any atom is 0.333 e. The summed E-state index contributed by atoms with van der Waals surface area (Å²) < 4.78 is 38.8. The van der Waals surface area contributed by atoms with E-state index in [2.05, 4.69) is 11.3 Å². The third-order valence-electron chi connectivity index (χ3n) is 2.08. The lowest BCUT2D eigenvalue weighted by atomic mass is 10.2. The quantitative estimate of drug-likeness (QED) is 0.399. The molecule has 110 valence electrons. The molecule has 0 saturated heterocycles. The van der Waals surface area contributed by atoms with Crippen LogP contribution in [0.15, 0.2) is 12.2 Å². The van der Waals surface area contributed by atoms with Crippen LogP contribution in [-0.2, 0) is 29.2 Å². The average Bonchev–Trinajstić information content (AvgIpc) is 2.25. The summed E-state index contributed by atoms with van der Waals surface area (Å²) in [5.41, 5.74) is 0.221. The van der Waals surface area contributed by atoms with Gasteiger partial charge in [0.2, 0.25) is 0 Å². The van der Waals surface area contributed by atoms with Crippen molar-refractivity contribution in [1.29, 1.82) is 0 Å². The van der Waals surface area contributed by atoms with Crippen molar-refractivity contribution in [2.45, 2.75) is 32.8 Å². The molecule has 1 N–H and O–H groups in total. The summed E-state index contributed by atoms with van der Waals surface area (Å²) in [5.74, 6) is -1.97. The molecular weight excluding hydrogens is 276 g/mol. The van der Waals surface area contributed by atoms with E-state index in [9.17, 15) is 18.0 Å². The van der Waals surface area contributed by atoms with Crippen LogP contribution < -0.4 is 0 Å². The largest absolute Gasteiger partial charge is 0.464 e. The minimum atomic E-state index is -4.16. The molecule has 1 atom stereocenters. The molecule has 0 aliphatic carbocycles. The van der Waals surface area contributed by atoms with Gasteiger partial charge in [-0.15, -0.1) is 0 Å². The summed E-state index contributed by atoms with van der Waals surface area (Å²) in [6, 6.07) is 0. The Kier molecular flexibility index (Phi) is 7.32. The topological polar surface area (TPSA) is 107 Å². The van der Waals surface area contributed by atoms with Crippen molar-refractivity contribution in [2.24, 2.45) is 0 Å². The molecule has 0 fully saturated rings. The fourth-order valence-electron chi connectivity index (χ4n) is 1.03. The van der Waals surface area contributed by atoms with E-state index in [0.717, 1.165) is 0 Å². The zero-order valence-corrected chi connectivity index (χ0v) is 11.7. The van der Waals surface area contributed by atoms with Crippen molar-refractivity contribution in [2.75, 3.05) is 12.4 Å². The van der Waals surface area contributed by atoms with Crippen molar-refractivity contribution >= 4 is 22.1 Å². The zero-order valence-electron chi connectivity index (χ0n) is 10.9. The molecule has 0 amide bonds. The lowest BCUT2D eigenvalue weighted by Gasteiger charge is -2.15. The summed E-state index contributed by atoms with van der Waals surface area (Å²) in [4.78, 5) is 22.6. The van der Waals surface area contributed by atoms with Gasteiger partial charge in [-0.1, -0.05) is 13.5 Å². The lowest BCUT2D eigenvalue weighted by molar-refractivity contribution is -0.152. The Hall–Kier alpha value is -1.41. The van der Waals surface area contributed by atoms with Crippen LogP contribution in [0.5, 0.6) is 0 Å². The van der Waals surface area contributed by atoms with Crippen molar-refractivity contribution in [3.8, 4) is 0 Å². The smallest absolute Gasteiger partial charge is 0.333 e. The molecule has 0 aliphatic rings. The number of carbonyl (C=O) groups excluding carboxylic acids is 2. The minimum absolute atomic E-state index is 0.180. The molecule has 0 bridgehead atoms. The van der Waals surface area contributed by atoms with E-state index < -0.39 is 40.5 Å². The number of hydrogen-bond acceptors (Lipinski definition) is 6. The van der Waals surface area contributed by atoms with Gasteiger partial charge < -0.3 is 9.47 Å². The van der Waals surface area contributed by atoms with E-state index in [1.54, 1.807) is 6.92 Å². The van der Waals surface area contributed by atoms with Crippen LogP contribution in [0.25, 0.3) is 0 Å². The molecule has 1 unspecified atom stereocenters. The van der Waals surface area contributed by atoms with Gasteiger partial charge in [0.1, 0.15) is 18.5 Å². The van der Waals surface area contributed by atoms with E-state index >= 15 is 0 Å². The number of ether oxygens (including phenoxy) is 2. The summed E-state index contributed by atoms with van der Waals surface area (Å²) in [6.07, 6.45) is -0.421. The first-order chi connectivity index (χ1) is 8.65. The second kappa shape index (κ2) is 7.90. The molecule has 0 heterocycles. The lowest BCUT2D eigenvalue weighted by Crippen LogP contribution is -2.23. The summed E-state index contributed by atoms with van der Waals surface area (Å²) in [5, 5.41) is 0. The normalized spacial score (nSPS) is 12.6. The average molecular weight is 294 g/mol. The minimum Gasteiger partial charge on any atom is -0.464 e. The predicted molar refractivity (Wildman–Crippen MR) is 67.0 cm³/mol. The van der Waals surface area contributed by atoms with Crippen molar-refractivity contribution in [1.82, 2.24) is 0 Å². The van der Waals surface area contributed by atoms with E-state index in [4.69, 9.17) is 9.29 Å². The Labute approximate surface area is 112 Å². The number of esters is 2. The first-order valence-corrected chi connectivity index (χ1v) is 7.24. The van der Waals surface area contributed by atoms with Crippen LogP contribution in [0, 0.1) is 0 Å². The van der Waals surface area contributed by atoms with Crippen LogP contribution in [0.4, 0.5) is 0 Å². The maximum absolute atomic E-state index is 11.3. The fourth-order valence-corrected chi connectivity index (χ4v) is 1.32. The molecule has 0 saturated carbocycles. The van der Waals surface area contributed by atoms with Gasteiger partial charge in [-0.25, -0.2) is 4.79 Å². The van der Waals surface area contributed by atoms with E-state index in [-0.39, 0.29) is 12.0 Å². The third kappa shape index (κ3) is 9.20. The monoisotopic (exact) mass is 294 g/mol. The number of rotatable bonds is 8. The van der Waals surface area contributed by atoms with Crippen LogP contribution >= 0.6 is 0 Å². The standard InChI is InChI=1S/C11H18O7S/c1-4-9(18-11(13)8(2)3)7-10(12)17-5-6-19(14,15)16/h9H,2,4-7H2,1,3H3,(H,14,15,16). The Morgan fingerprint density at radius 3 is 2.37 bits per heavy atom. The van der Waals surface area contributed by atoms with Crippen LogP contribution in [0.3, 0.4) is 0 Å². The third-order valence-corrected chi connectivity index (χ3v) is 2.76. The SMILES string of the molecule is C=C(C)C(=O)OC(CC)CC(=O)OCCS(=O)(=O)O. The van der Waals surface area contributed by atoms with Gasteiger partial charge in [0, 0.05) is 5.57 Å². The second-order valence-electron chi connectivity index (χ2n) is 3.93. The molecule has 0 aromatic carbocycles. The van der Waals surface area contributed by atoms with Gasteiger partial charge in [-0.2, -0.15) is 8.42 Å². The van der Waals surface area contributed by atoms with Crippen molar-refractivity contribution in [3.05, 3.63) is 12.2 Å². The van der Waals surface area contributed by atoms with Crippen LogP contribution in [0.1, 0.15) is 26.7 Å². The van der Waals surface area contributed by atoms with Gasteiger partial charge >= 0.3 is 11.9 Å². The summed E-state index contributed by atoms with van der Waals surface area (Å²) in [6.45, 7) is 6.18. The fraction of sp³-hybridized carbons (Fsp3) is 0.636. The van der Waals surface area contributed by atoms with E-state index in [1.165, 1.54) is 6.92 Å². The highest BCUT2D eigenvalue weighted by atomic mass is 32.2. The van der Waals surface area contributed by atoms with Gasteiger partial charge in [0.25, 0.3) is 10.1 Å². The Balaban J connectivity index is 4.14. The molecular formula is C11H18O7S. The highest BCUT2D eigenvalue weighted by molar-refractivity contribution is 7.85. The molecule has 0 aliphatic heterocycles. The molecule has 0 rings (SSSR count). The highest BCUT2D eigenvalue weighted by Gasteiger charge is 2.18. The molecule has 8 heteroatoms. The highest BCUT2D eigenvalue weighted by Crippen LogP contribution is 2.08. The first kappa shape index (κ1) is 17.6. The van der Waals surface area contributed by atoms with Gasteiger partial charge in [0.05, 0.1) is 6.42 Å². The molecule has 0 aromatic rings. The zero-order chi connectivity index (χ0) is 15.1. The predicted octanol–water partition coefficient (Wildman–Crippen LogP) is 0.705. The number of hydrogen-bond donors (Lipinski definition) is 1. The molecule has 19 heavy (non-hydrogen) atoms. The molecule has 0 radical (unpaired) electrons. The Morgan fingerprint density at radius 2 is 1.95 bits per heavy atom. The maximum atomic E-state index is 11.3. The molecule has 7 nitrogen and oxygen atoms in total. The van der Waals surface area contributed by atoms with Crippen LogP contribution in [-0.4, -0.2) is 43.4 Å². The van der Waals surface area contributed by atoms with Gasteiger partial charge in [-0.3, -0.25) is 9.35 Å². The number of carbonyl (C=O) groups is 2. The van der Waals surface area contributed by atoms with E-state index in [1.807, 2.05) is 0 Å². The Bertz CT molecular complexity index is 438. The summed E-state index contributed by atoms with van der Waals surface area (Å²) >= 11 is 0. The first-order valence-electron chi connectivity index (χ1n) is 5.63. The Morgan fingerprint density at radius 1 is 1.37 bits per heavy atom. The van der Waals surface area contributed by atoms with Crippen LogP contribution in [0.2, 0.25) is 0 Å².